The van der Waals surface area contributed by atoms with Gasteiger partial charge in [-0.05, 0) is 56.2 Å². The Kier molecular flexibility index (Phi) is 19.5. The van der Waals surface area contributed by atoms with Gasteiger partial charge in [-0.25, -0.2) is 4.79 Å². The van der Waals surface area contributed by atoms with Crippen LogP contribution in [-0.4, -0.2) is 108 Å². The molecule has 1 saturated carbocycles. The largest absolute Gasteiger partial charge is 0.461 e. The average molecular weight is 827 g/mol. The molecule has 1 aromatic rings. The van der Waals surface area contributed by atoms with Crippen LogP contribution < -0.4 is 37.6 Å². The minimum atomic E-state index is -1.33. The number of hydrogen-bond acceptors (Lipinski definition) is 11. The first-order valence-electron chi connectivity index (χ1n) is 20.0. The molecule has 19 nitrogen and oxygen atoms in total. The van der Waals surface area contributed by atoms with Gasteiger partial charge in [-0.3, -0.25) is 43.3 Å². The topological polar surface area (TPSA) is 285 Å². The highest BCUT2D eigenvalue weighted by molar-refractivity contribution is 6.14. The predicted molar refractivity (Wildman–Crippen MR) is 213 cm³/mol. The molecule has 2 unspecified atom stereocenters. The molecule has 1 fully saturated rings. The van der Waals surface area contributed by atoms with Crippen LogP contribution in [0, 0.1) is 11.3 Å². The average Bonchev–Trinajstić information content (AvgIpc) is 3.49. The lowest BCUT2D eigenvalue weighted by Gasteiger charge is -2.24. The third-order valence-corrected chi connectivity index (χ3v) is 10.0. The number of amides is 9. The normalized spacial score (nSPS) is 15.5. The summed E-state index contributed by atoms with van der Waals surface area (Å²) < 4.78 is 5.58. The molecular weight excluding hydrogens is 768 g/mol. The number of primary amides is 1. The van der Waals surface area contributed by atoms with Crippen LogP contribution >= 0.6 is 0 Å². The molecule has 2 atom stereocenters. The molecule has 1 aromatic carbocycles. The summed E-state index contributed by atoms with van der Waals surface area (Å²) in [6.07, 6.45) is 9.42. The van der Waals surface area contributed by atoms with Gasteiger partial charge in [0.15, 0.2) is 0 Å². The van der Waals surface area contributed by atoms with Gasteiger partial charge in [0.05, 0.1) is 12.5 Å². The van der Waals surface area contributed by atoms with Gasteiger partial charge in [-0.1, -0.05) is 58.1 Å². The molecule has 2 aliphatic rings. The number of imide groups is 1. The smallest absolute Gasteiger partial charge is 0.312 e. The summed E-state index contributed by atoms with van der Waals surface area (Å²) in [5.74, 6) is -5.20. The van der Waals surface area contributed by atoms with Crippen LogP contribution in [0.1, 0.15) is 90.0 Å². The van der Waals surface area contributed by atoms with Gasteiger partial charge < -0.3 is 47.5 Å². The zero-order valence-electron chi connectivity index (χ0n) is 33.8. The molecule has 1 aliphatic carbocycles. The Bertz CT molecular complexity index is 1670. The summed E-state index contributed by atoms with van der Waals surface area (Å²) in [5, 5.41) is 24.5. The van der Waals surface area contributed by atoms with E-state index in [1.54, 1.807) is 38.1 Å². The van der Waals surface area contributed by atoms with Crippen molar-refractivity contribution in [2.24, 2.45) is 17.1 Å². The van der Waals surface area contributed by atoms with Crippen LogP contribution in [0.25, 0.3) is 0 Å². The van der Waals surface area contributed by atoms with E-state index in [4.69, 9.17) is 10.5 Å². The van der Waals surface area contributed by atoms with Crippen molar-refractivity contribution in [3.63, 3.8) is 0 Å². The maximum Gasteiger partial charge on any atom is 0.312 e. The van der Waals surface area contributed by atoms with Crippen molar-refractivity contribution in [1.29, 1.82) is 0 Å². The van der Waals surface area contributed by atoms with Crippen LogP contribution in [0.3, 0.4) is 0 Å². The fraction of sp³-hybridized carbons (Fsp3) is 0.575. The first-order chi connectivity index (χ1) is 28.1. The summed E-state index contributed by atoms with van der Waals surface area (Å²) in [4.78, 5) is 114. The summed E-state index contributed by atoms with van der Waals surface area (Å²) in [7, 11) is 0. The molecule has 0 aromatic heterocycles. The lowest BCUT2D eigenvalue weighted by atomic mass is 9.88. The van der Waals surface area contributed by atoms with E-state index in [-0.39, 0.29) is 63.9 Å². The summed E-state index contributed by atoms with van der Waals surface area (Å²) in [5.41, 5.74) is 5.33. The molecule has 9 N–H and O–H groups in total. The summed E-state index contributed by atoms with van der Waals surface area (Å²) in [6.45, 7) is 1.80. The zero-order valence-corrected chi connectivity index (χ0v) is 33.8. The van der Waals surface area contributed by atoms with Crippen LogP contribution in [0.5, 0.6) is 0 Å². The van der Waals surface area contributed by atoms with E-state index in [0.29, 0.717) is 10.6 Å². The summed E-state index contributed by atoms with van der Waals surface area (Å²) in [6, 6.07) is 3.44. The molecule has 3 rings (SSSR count). The Morgan fingerprint density at radius 2 is 1.42 bits per heavy atom. The number of nitrogens with zero attached hydrogens (tertiary/aromatic N) is 1. The van der Waals surface area contributed by atoms with Gasteiger partial charge >= 0.3 is 12.0 Å². The molecule has 0 bridgehead atoms. The highest BCUT2D eigenvalue weighted by Gasteiger charge is 2.30. The summed E-state index contributed by atoms with van der Waals surface area (Å²) >= 11 is 0. The first-order valence-corrected chi connectivity index (χ1v) is 20.0. The number of urea groups is 1. The lowest BCUT2D eigenvalue weighted by molar-refractivity contribution is -0.150. The van der Waals surface area contributed by atoms with E-state index in [2.05, 4.69) is 31.9 Å². The maximum atomic E-state index is 13.4. The molecular formula is C40H58N8O11. The standard InChI is InChI=1S/C40H58N8O11/c1-40(2,19-22-49)38(57)42-21-18-30(47-32(51)24-48-33(52)16-17-34(48)53)35(54)44-23-31(50)46-29(11-8-20-43-39(41)58)36(55)45-28-14-12-26(13-15-28)25-59-37(56)27-9-6-4-3-5-7-10-27/h12-17,27,29-30,49H,3-11,18-25H2,1-2H3,(H,42,57)(H,44,54)(H,45,55)(H,46,50)(H,47,51)(H3,41,43,58). The number of nitrogens with one attached hydrogen (secondary N) is 6. The van der Waals surface area contributed by atoms with E-state index in [1.165, 1.54) is 6.42 Å². The van der Waals surface area contributed by atoms with Gasteiger partial charge in [0.1, 0.15) is 25.2 Å². The Morgan fingerprint density at radius 1 is 0.814 bits per heavy atom. The number of nitrogens with two attached hydrogens (primary N) is 1. The molecule has 0 spiro atoms. The second-order valence-corrected chi connectivity index (χ2v) is 15.2. The number of carbonyl (C=O) groups excluding carboxylic acids is 9. The van der Waals surface area contributed by atoms with Crippen LogP contribution in [0.4, 0.5) is 10.5 Å². The quantitative estimate of drug-likeness (QED) is 0.0450. The van der Waals surface area contributed by atoms with E-state index >= 15 is 0 Å². The predicted octanol–water partition coefficient (Wildman–Crippen LogP) is 0.403. The highest BCUT2D eigenvalue weighted by atomic mass is 16.5. The number of carbonyl (C=O) groups is 9. The minimum absolute atomic E-state index is 0.0643. The van der Waals surface area contributed by atoms with E-state index in [0.717, 1.165) is 56.2 Å². The molecule has 1 aliphatic heterocycles. The number of ether oxygens (including phenoxy) is 1. The van der Waals surface area contributed by atoms with Crippen molar-refractivity contribution in [1.82, 2.24) is 31.5 Å². The molecule has 0 radical (unpaired) electrons. The van der Waals surface area contributed by atoms with Crippen molar-refractivity contribution in [3.8, 4) is 0 Å². The molecule has 324 valence electrons. The lowest BCUT2D eigenvalue weighted by Crippen LogP contribution is -2.53. The maximum absolute atomic E-state index is 13.4. The fourth-order valence-corrected chi connectivity index (χ4v) is 6.40. The molecule has 0 saturated heterocycles. The van der Waals surface area contributed by atoms with Gasteiger partial charge in [0.2, 0.25) is 29.5 Å². The number of benzene rings is 1. The van der Waals surface area contributed by atoms with Crippen molar-refractivity contribution >= 4 is 59.0 Å². The first kappa shape index (κ1) is 47.5. The van der Waals surface area contributed by atoms with Crippen molar-refractivity contribution in [2.75, 3.05) is 38.1 Å². The van der Waals surface area contributed by atoms with Crippen LogP contribution in [-0.2, 0) is 49.7 Å². The third kappa shape index (κ3) is 16.9. The van der Waals surface area contributed by atoms with Gasteiger partial charge in [0.25, 0.3) is 11.8 Å². The minimum Gasteiger partial charge on any atom is -0.461 e. The van der Waals surface area contributed by atoms with Crippen molar-refractivity contribution < 1.29 is 53.0 Å². The van der Waals surface area contributed by atoms with Crippen molar-refractivity contribution in [3.05, 3.63) is 42.0 Å². The highest BCUT2D eigenvalue weighted by Crippen LogP contribution is 2.24. The Morgan fingerprint density at radius 3 is 2.05 bits per heavy atom. The second-order valence-electron chi connectivity index (χ2n) is 15.2. The number of rotatable bonds is 22. The molecule has 1 heterocycles. The number of esters is 1. The SMILES string of the molecule is CC(C)(CCO)C(=O)NCCC(NC(=O)CN1C(=O)C=CC1=O)C(=O)NCC(=O)NC(CCCNC(N)=O)C(=O)Nc1ccc(COC(=O)C2CCCCCCC2)cc1. The molecule has 19 heteroatoms. The number of aliphatic hydroxyl groups is 1. The van der Waals surface area contributed by atoms with E-state index in [9.17, 15) is 48.3 Å². The van der Waals surface area contributed by atoms with E-state index in [1.807, 2.05) is 0 Å². The number of anilines is 1. The van der Waals surface area contributed by atoms with Crippen LogP contribution in [0.2, 0.25) is 0 Å². The number of aliphatic hydroxyl groups excluding tert-OH is 1. The number of hydrogen-bond donors (Lipinski definition) is 8. The zero-order chi connectivity index (χ0) is 43.4. The Hall–Kier alpha value is -5.85. The van der Waals surface area contributed by atoms with Gasteiger partial charge in [0, 0.05) is 43.0 Å². The van der Waals surface area contributed by atoms with Gasteiger partial charge in [-0.2, -0.15) is 0 Å². The Balaban J connectivity index is 1.60. The molecule has 9 amide bonds. The molecule has 59 heavy (non-hydrogen) atoms. The van der Waals surface area contributed by atoms with E-state index < -0.39 is 78.0 Å². The fourth-order valence-electron chi connectivity index (χ4n) is 6.40. The third-order valence-electron chi connectivity index (χ3n) is 10.0. The van der Waals surface area contributed by atoms with Crippen molar-refractivity contribution in [2.45, 2.75) is 103 Å². The van der Waals surface area contributed by atoms with Crippen LogP contribution in [0.15, 0.2) is 36.4 Å². The van der Waals surface area contributed by atoms with Gasteiger partial charge in [-0.15, -0.1) is 0 Å². The monoisotopic (exact) mass is 826 g/mol. The second kappa shape index (κ2) is 24.2. The Labute approximate surface area is 343 Å².